The molecule has 4 aromatic rings. The van der Waals surface area contributed by atoms with Crippen LogP contribution in [0.4, 0.5) is 11.4 Å². The van der Waals surface area contributed by atoms with Crippen LogP contribution in [-0.4, -0.2) is 37.2 Å². The van der Waals surface area contributed by atoms with Crippen LogP contribution in [0.15, 0.2) is 63.2 Å². The molecule has 0 amide bonds. The highest BCUT2D eigenvalue weighted by Crippen LogP contribution is 2.27. The first-order valence-corrected chi connectivity index (χ1v) is 10.7. The van der Waals surface area contributed by atoms with E-state index in [4.69, 9.17) is 16.3 Å². The Morgan fingerprint density at radius 3 is 2.71 bits per heavy atom. The number of nitro groups is 1. The molecule has 172 valence electrons. The van der Waals surface area contributed by atoms with E-state index in [2.05, 4.69) is 20.3 Å². The topological polar surface area (TPSA) is 162 Å². The zero-order valence-corrected chi connectivity index (χ0v) is 18.8. The van der Waals surface area contributed by atoms with E-state index < -0.39 is 27.9 Å². The first kappa shape index (κ1) is 22.9. The van der Waals surface area contributed by atoms with E-state index in [0.29, 0.717) is 10.5 Å². The highest BCUT2D eigenvalue weighted by atomic mass is 35.5. The molecule has 34 heavy (non-hydrogen) atoms. The van der Waals surface area contributed by atoms with Gasteiger partial charge in [0.1, 0.15) is 0 Å². The van der Waals surface area contributed by atoms with Crippen LogP contribution >= 0.6 is 22.9 Å². The van der Waals surface area contributed by atoms with Crippen molar-refractivity contribution in [1.29, 1.82) is 0 Å². The van der Waals surface area contributed by atoms with Gasteiger partial charge in [0, 0.05) is 17.2 Å². The van der Waals surface area contributed by atoms with Gasteiger partial charge in [0.25, 0.3) is 11.2 Å². The number of carbonyl (C=O) groups is 1. The van der Waals surface area contributed by atoms with Gasteiger partial charge < -0.3 is 9.84 Å². The molecule has 0 fully saturated rings. The molecule has 0 aliphatic carbocycles. The molecule has 0 bridgehead atoms. The van der Waals surface area contributed by atoms with Crippen LogP contribution < -0.4 is 5.56 Å². The lowest BCUT2D eigenvalue weighted by molar-refractivity contribution is -0.384. The summed E-state index contributed by atoms with van der Waals surface area (Å²) in [5, 5.41) is 34.1. The number of rotatable bonds is 6. The van der Waals surface area contributed by atoms with Crippen LogP contribution in [0.25, 0.3) is 21.6 Å². The third-order valence-corrected chi connectivity index (χ3v) is 5.55. The standard InChI is InChI=1S/C20H13ClN6O6S/c1-2-33-19(30)15(24-23-11-4-6-12(7-5-11)27(31)32)16(28)18-25-26-14-9-10(21)3-8-13(14)17(29)22-20(26)34-18/h3-9,28H,2H2,1H3/b16-15-,24-23?. The number of non-ortho nitro benzene ring substituents is 1. The molecule has 1 N–H and O–H groups in total. The van der Waals surface area contributed by atoms with E-state index in [1.165, 1.54) is 40.9 Å². The van der Waals surface area contributed by atoms with E-state index in [-0.39, 0.29) is 33.3 Å². The number of hydrogen-bond donors (Lipinski definition) is 1. The number of azo groups is 1. The summed E-state index contributed by atoms with van der Waals surface area (Å²) in [5.41, 5.74) is -0.648. The van der Waals surface area contributed by atoms with Gasteiger partial charge in [-0.3, -0.25) is 14.9 Å². The molecular formula is C20H13ClN6O6S. The third-order valence-electron chi connectivity index (χ3n) is 4.40. The van der Waals surface area contributed by atoms with Gasteiger partial charge >= 0.3 is 5.97 Å². The molecule has 0 atom stereocenters. The Kier molecular flexibility index (Phi) is 6.30. The minimum atomic E-state index is -0.972. The predicted octanol–water partition coefficient (Wildman–Crippen LogP) is 4.44. The van der Waals surface area contributed by atoms with Gasteiger partial charge in [-0.05, 0) is 37.3 Å². The first-order valence-electron chi connectivity index (χ1n) is 9.54. The molecule has 0 spiro atoms. The minimum Gasteiger partial charge on any atom is -0.503 e. The van der Waals surface area contributed by atoms with Crippen molar-refractivity contribution in [2.24, 2.45) is 10.2 Å². The summed E-state index contributed by atoms with van der Waals surface area (Å²) < 4.78 is 6.27. The summed E-state index contributed by atoms with van der Waals surface area (Å²) in [6.07, 6.45) is 0. The monoisotopic (exact) mass is 500 g/mol. The largest absolute Gasteiger partial charge is 0.503 e. The Morgan fingerprint density at radius 1 is 1.29 bits per heavy atom. The van der Waals surface area contributed by atoms with Crippen molar-refractivity contribution >= 4 is 61.9 Å². The highest BCUT2D eigenvalue weighted by Gasteiger charge is 2.22. The number of esters is 1. The molecule has 12 nitrogen and oxygen atoms in total. The van der Waals surface area contributed by atoms with Crippen molar-refractivity contribution in [3.05, 3.63) is 78.7 Å². The van der Waals surface area contributed by atoms with Gasteiger partial charge in [-0.2, -0.15) is 15.2 Å². The normalized spacial score (nSPS) is 12.3. The fourth-order valence-corrected chi connectivity index (χ4v) is 3.86. The van der Waals surface area contributed by atoms with Crippen molar-refractivity contribution < 1.29 is 19.6 Å². The van der Waals surface area contributed by atoms with Crippen LogP contribution in [0.2, 0.25) is 5.02 Å². The van der Waals surface area contributed by atoms with Gasteiger partial charge in [-0.25, -0.2) is 9.31 Å². The molecule has 0 aliphatic rings. The molecule has 4 rings (SSSR count). The number of halogens is 1. The third kappa shape index (κ3) is 4.46. The van der Waals surface area contributed by atoms with E-state index in [1.54, 1.807) is 13.0 Å². The van der Waals surface area contributed by atoms with E-state index in [9.17, 15) is 24.8 Å². The van der Waals surface area contributed by atoms with Crippen molar-refractivity contribution in [2.75, 3.05) is 6.61 Å². The summed E-state index contributed by atoms with van der Waals surface area (Å²) in [6, 6.07) is 9.66. The fourth-order valence-electron chi connectivity index (χ4n) is 2.85. The average molecular weight is 501 g/mol. The summed E-state index contributed by atoms with van der Waals surface area (Å²) >= 11 is 6.89. The van der Waals surface area contributed by atoms with Gasteiger partial charge in [0.05, 0.1) is 28.1 Å². The number of ether oxygens (including phenoxy) is 1. The first-order chi connectivity index (χ1) is 16.3. The zero-order valence-electron chi connectivity index (χ0n) is 17.2. The number of aliphatic hydroxyl groups is 1. The van der Waals surface area contributed by atoms with Gasteiger partial charge in [-0.1, -0.05) is 22.9 Å². The Bertz CT molecular complexity index is 1560. The molecule has 0 unspecified atom stereocenters. The van der Waals surface area contributed by atoms with Crippen molar-refractivity contribution in [1.82, 2.24) is 14.6 Å². The molecule has 0 radical (unpaired) electrons. The summed E-state index contributed by atoms with van der Waals surface area (Å²) in [5.74, 6) is -1.62. The summed E-state index contributed by atoms with van der Waals surface area (Å²) in [6.45, 7) is 1.57. The number of carbonyl (C=O) groups excluding carboxylic acids is 1. The second-order valence-corrected chi connectivity index (χ2v) is 7.96. The quantitative estimate of drug-likeness (QED) is 0.101. The molecule has 14 heteroatoms. The zero-order chi connectivity index (χ0) is 24.4. The Morgan fingerprint density at radius 2 is 2.03 bits per heavy atom. The average Bonchev–Trinajstić information content (AvgIpc) is 3.24. The highest BCUT2D eigenvalue weighted by molar-refractivity contribution is 7.17. The summed E-state index contributed by atoms with van der Waals surface area (Å²) in [4.78, 5) is 39.1. The lowest BCUT2D eigenvalue weighted by Crippen LogP contribution is -2.10. The number of aliphatic hydroxyl groups excluding tert-OH is 1. The number of nitro benzene ring substituents is 1. The Balaban J connectivity index is 1.82. The molecular weight excluding hydrogens is 488 g/mol. The number of fused-ring (bicyclic) bond motifs is 3. The molecule has 2 heterocycles. The molecule has 0 aliphatic heterocycles. The molecule has 0 saturated carbocycles. The van der Waals surface area contributed by atoms with Crippen LogP contribution in [0.1, 0.15) is 11.9 Å². The lowest BCUT2D eigenvalue weighted by atomic mass is 10.2. The van der Waals surface area contributed by atoms with Gasteiger partial charge in [0.2, 0.25) is 10.7 Å². The Hall–Kier alpha value is -4.23. The lowest BCUT2D eigenvalue weighted by Gasteiger charge is -2.03. The van der Waals surface area contributed by atoms with Crippen LogP contribution in [0.3, 0.4) is 0 Å². The van der Waals surface area contributed by atoms with E-state index in [0.717, 1.165) is 11.3 Å². The minimum absolute atomic E-state index is 0.00148. The Labute approximate surface area is 198 Å². The SMILES string of the molecule is CCOC(=O)/C(N=Nc1ccc([N+](=O)[O-])cc1)=C(/O)c1nn2c(nc(=O)c3ccc(Cl)cc32)s1. The maximum Gasteiger partial charge on any atom is 0.362 e. The smallest absolute Gasteiger partial charge is 0.362 e. The van der Waals surface area contributed by atoms with Crippen LogP contribution in [0.5, 0.6) is 0 Å². The number of nitrogens with zero attached hydrogens (tertiary/aromatic N) is 6. The molecule has 2 aromatic carbocycles. The fraction of sp³-hybridized carbons (Fsp3) is 0.100. The van der Waals surface area contributed by atoms with Gasteiger partial charge in [-0.15, -0.1) is 5.11 Å². The maximum atomic E-state index is 12.5. The number of aromatic nitrogens is 3. The maximum absolute atomic E-state index is 12.5. The van der Waals surface area contributed by atoms with Crippen molar-refractivity contribution in [3.8, 4) is 0 Å². The van der Waals surface area contributed by atoms with Gasteiger partial charge in [0.15, 0.2) is 10.8 Å². The number of hydrogen-bond acceptors (Lipinski definition) is 11. The van der Waals surface area contributed by atoms with Crippen LogP contribution in [0, 0.1) is 10.1 Å². The molecule has 2 aromatic heterocycles. The summed E-state index contributed by atoms with van der Waals surface area (Å²) in [7, 11) is 0. The number of benzene rings is 2. The van der Waals surface area contributed by atoms with Crippen molar-refractivity contribution in [2.45, 2.75) is 6.92 Å². The second-order valence-electron chi connectivity index (χ2n) is 6.57. The second kappa shape index (κ2) is 9.33. The van der Waals surface area contributed by atoms with E-state index in [1.807, 2.05) is 0 Å². The van der Waals surface area contributed by atoms with E-state index >= 15 is 0 Å². The van der Waals surface area contributed by atoms with Crippen LogP contribution in [-0.2, 0) is 9.53 Å². The predicted molar refractivity (Wildman–Crippen MR) is 123 cm³/mol. The molecule has 0 saturated heterocycles. The van der Waals surface area contributed by atoms with Crippen molar-refractivity contribution in [3.63, 3.8) is 0 Å².